The number of methoxy groups -OCH3 is 1. The van der Waals surface area contributed by atoms with Gasteiger partial charge in [-0.2, -0.15) is 0 Å². The minimum atomic E-state index is -0.0863. The molecule has 5 nitrogen and oxygen atoms in total. The average Bonchev–Trinajstić information content (AvgIpc) is 2.65. The van der Waals surface area contributed by atoms with Gasteiger partial charge in [0.25, 0.3) is 0 Å². The number of ether oxygens (including phenoxy) is 1. The molecule has 1 aromatic carbocycles. The summed E-state index contributed by atoms with van der Waals surface area (Å²) in [6, 6.07) is 5.37. The van der Waals surface area contributed by atoms with E-state index in [9.17, 15) is 4.79 Å². The minimum absolute atomic E-state index is 0.0863. The Morgan fingerprint density at radius 2 is 2.41 bits per heavy atom. The van der Waals surface area contributed by atoms with Crippen molar-refractivity contribution in [3.05, 3.63) is 23.5 Å². The van der Waals surface area contributed by atoms with Crippen LogP contribution in [0.4, 0.5) is 5.69 Å². The summed E-state index contributed by atoms with van der Waals surface area (Å²) in [7, 11) is 1.56. The maximum absolute atomic E-state index is 11.5. The van der Waals surface area contributed by atoms with Crippen molar-refractivity contribution in [3.63, 3.8) is 0 Å². The highest BCUT2D eigenvalue weighted by molar-refractivity contribution is 6.29. The lowest BCUT2D eigenvalue weighted by Gasteiger charge is -2.04. The normalized spacial score (nSPS) is 10.7. The molecule has 0 aliphatic carbocycles. The van der Waals surface area contributed by atoms with E-state index in [1.165, 1.54) is 0 Å². The molecule has 0 saturated heterocycles. The number of nitrogens with zero attached hydrogens (tertiary/aromatic N) is 1. The molecule has 1 heterocycles. The van der Waals surface area contributed by atoms with Gasteiger partial charge in [0.05, 0.1) is 24.1 Å². The Labute approximate surface area is 103 Å². The number of imidazole rings is 1. The van der Waals surface area contributed by atoms with Gasteiger partial charge in [-0.05, 0) is 29.8 Å². The van der Waals surface area contributed by atoms with Crippen LogP contribution in [0.2, 0.25) is 5.28 Å². The van der Waals surface area contributed by atoms with Gasteiger partial charge in [0.1, 0.15) is 0 Å². The average molecular weight is 254 g/mol. The maximum atomic E-state index is 11.5. The largest absolute Gasteiger partial charge is 0.384 e. The molecule has 0 aliphatic heterocycles. The predicted molar refractivity (Wildman–Crippen MR) is 66.2 cm³/mol. The third kappa shape index (κ3) is 2.95. The fourth-order valence-corrected chi connectivity index (χ4v) is 1.67. The second kappa shape index (κ2) is 5.16. The quantitative estimate of drug-likeness (QED) is 0.878. The van der Waals surface area contributed by atoms with Crippen molar-refractivity contribution < 1.29 is 9.53 Å². The first-order valence-electron chi connectivity index (χ1n) is 5.13. The Morgan fingerprint density at radius 3 is 3.18 bits per heavy atom. The van der Waals surface area contributed by atoms with Crippen molar-refractivity contribution in [2.75, 3.05) is 19.0 Å². The lowest BCUT2D eigenvalue weighted by Crippen LogP contribution is -2.13. The Morgan fingerprint density at radius 1 is 1.59 bits per heavy atom. The van der Waals surface area contributed by atoms with Gasteiger partial charge < -0.3 is 15.0 Å². The smallest absolute Gasteiger partial charge is 0.226 e. The molecular weight excluding hydrogens is 242 g/mol. The number of carbonyl (C=O) groups is 1. The number of anilines is 1. The monoisotopic (exact) mass is 253 g/mol. The molecule has 0 bridgehead atoms. The molecule has 2 rings (SSSR count). The molecule has 0 spiro atoms. The molecule has 90 valence electrons. The number of hydrogen-bond donors (Lipinski definition) is 2. The standard InChI is InChI=1S/C11H12ClN3O2/c1-17-5-4-10(16)13-7-2-3-8-9(6-7)15-11(12)14-8/h2-3,6H,4-5H2,1H3,(H,13,16)(H,14,15). The first kappa shape index (κ1) is 11.9. The van der Waals surface area contributed by atoms with Gasteiger partial charge in [-0.15, -0.1) is 0 Å². The highest BCUT2D eigenvalue weighted by Gasteiger charge is 2.05. The Balaban J connectivity index is 2.10. The zero-order valence-corrected chi connectivity index (χ0v) is 10.0. The Kier molecular flexibility index (Phi) is 3.61. The number of aromatic nitrogens is 2. The zero-order valence-electron chi connectivity index (χ0n) is 9.29. The van der Waals surface area contributed by atoms with Crippen LogP contribution in [0.15, 0.2) is 18.2 Å². The molecular formula is C11H12ClN3O2. The van der Waals surface area contributed by atoms with Crippen LogP contribution in [0.1, 0.15) is 6.42 Å². The topological polar surface area (TPSA) is 67.0 Å². The molecule has 6 heteroatoms. The highest BCUT2D eigenvalue weighted by atomic mass is 35.5. The summed E-state index contributed by atoms with van der Waals surface area (Å²) >= 11 is 5.74. The van der Waals surface area contributed by atoms with E-state index >= 15 is 0 Å². The third-order valence-electron chi connectivity index (χ3n) is 2.27. The number of halogens is 1. The summed E-state index contributed by atoms with van der Waals surface area (Å²) in [4.78, 5) is 18.4. The zero-order chi connectivity index (χ0) is 12.3. The molecule has 0 saturated carbocycles. The summed E-state index contributed by atoms with van der Waals surface area (Å²) in [6.45, 7) is 0.407. The minimum Gasteiger partial charge on any atom is -0.384 e. The van der Waals surface area contributed by atoms with Gasteiger partial charge in [-0.1, -0.05) is 0 Å². The summed E-state index contributed by atoms with van der Waals surface area (Å²) in [5.41, 5.74) is 2.27. The SMILES string of the molecule is COCCC(=O)Nc1ccc2nc(Cl)[nH]c2c1. The lowest BCUT2D eigenvalue weighted by atomic mass is 10.2. The number of carbonyl (C=O) groups excluding carboxylic acids is 1. The fraction of sp³-hybridized carbons (Fsp3) is 0.273. The Bertz CT molecular complexity index is 538. The second-order valence-corrected chi connectivity index (χ2v) is 3.91. The molecule has 0 radical (unpaired) electrons. The lowest BCUT2D eigenvalue weighted by molar-refractivity contribution is -0.117. The number of hydrogen-bond acceptors (Lipinski definition) is 3. The Hall–Kier alpha value is -1.59. The molecule has 2 aromatic rings. The predicted octanol–water partition coefficient (Wildman–Crippen LogP) is 2.19. The number of H-pyrrole nitrogens is 1. The van der Waals surface area contributed by atoms with Crippen LogP contribution in [0.25, 0.3) is 11.0 Å². The molecule has 0 fully saturated rings. The van der Waals surface area contributed by atoms with Gasteiger partial charge in [-0.3, -0.25) is 4.79 Å². The van der Waals surface area contributed by atoms with E-state index < -0.39 is 0 Å². The van der Waals surface area contributed by atoms with Gasteiger partial charge in [-0.25, -0.2) is 4.98 Å². The number of amides is 1. The summed E-state index contributed by atoms with van der Waals surface area (Å²) < 4.78 is 4.83. The van der Waals surface area contributed by atoms with Crippen LogP contribution in [-0.4, -0.2) is 29.6 Å². The van der Waals surface area contributed by atoms with Crippen LogP contribution in [0.3, 0.4) is 0 Å². The van der Waals surface area contributed by atoms with E-state index in [1.807, 2.05) is 0 Å². The number of rotatable bonds is 4. The van der Waals surface area contributed by atoms with Gasteiger partial charge in [0, 0.05) is 12.8 Å². The van der Waals surface area contributed by atoms with E-state index in [0.29, 0.717) is 24.0 Å². The van der Waals surface area contributed by atoms with E-state index in [0.717, 1.165) is 11.0 Å². The van der Waals surface area contributed by atoms with E-state index in [2.05, 4.69) is 15.3 Å². The number of benzene rings is 1. The molecule has 17 heavy (non-hydrogen) atoms. The molecule has 2 N–H and O–H groups in total. The third-order valence-corrected chi connectivity index (χ3v) is 2.45. The molecule has 1 amide bonds. The van der Waals surface area contributed by atoms with Crippen molar-refractivity contribution in [2.24, 2.45) is 0 Å². The van der Waals surface area contributed by atoms with Crippen LogP contribution < -0.4 is 5.32 Å². The van der Waals surface area contributed by atoms with Crippen LogP contribution in [0, 0.1) is 0 Å². The first-order valence-corrected chi connectivity index (χ1v) is 5.51. The van der Waals surface area contributed by atoms with Gasteiger partial charge >= 0.3 is 0 Å². The second-order valence-electron chi connectivity index (χ2n) is 3.55. The van der Waals surface area contributed by atoms with E-state index in [4.69, 9.17) is 16.3 Å². The summed E-state index contributed by atoms with van der Waals surface area (Å²) in [6.07, 6.45) is 0.332. The molecule has 0 atom stereocenters. The molecule has 1 aromatic heterocycles. The van der Waals surface area contributed by atoms with Crippen molar-refractivity contribution in [2.45, 2.75) is 6.42 Å². The van der Waals surface area contributed by atoms with E-state index in [1.54, 1.807) is 25.3 Å². The van der Waals surface area contributed by atoms with Crippen molar-refractivity contribution in [1.29, 1.82) is 0 Å². The summed E-state index contributed by atoms with van der Waals surface area (Å²) in [5, 5.41) is 3.10. The molecule has 0 unspecified atom stereocenters. The van der Waals surface area contributed by atoms with Crippen molar-refractivity contribution >= 4 is 34.2 Å². The number of fused-ring (bicyclic) bond motifs is 1. The summed E-state index contributed by atoms with van der Waals surface area (Å²) in [5.74, 6) is -0.0863. The highest BCUT2D eigenvalue weighted by Crippen LogP contribution is 2.19. The fourth-order valence-electron chi connectivity index (χ4n) is 1.47. The van der Waals surface area contributed by atoms with E-state index in [-0.39, 0.29) is 5.91 Å². The van der Waals surface area contributed by atoms with Crippen molar-refractivity contribution in [3.8, 4) is 0 Å². The van der Waals surface area contributed by atoms with Crippen LogP contribution in [-0.2, 0) is 9.53 Å². The number of aromatic amines is 1. The van der Waals surface area contributed by atoms with Gasteiger partial charge in [0.15, 0.2) is 0 Å². The van der Waals surface area contributed by atoms with Crippen LogP contribution >= 0.6 is 11.6 Å². The molecule has 0 aliphatic rings. The first-order chi connectivity index (χ1) is 8.19. The van der Waals surface area contributed by atoms with Crippen LogP contribution in [0.5, 0.6) is 0 Å². The van der Waals surface area contributed by atoms with Crippen molar-refractivity contribution in [1.82, 2.24) is 9.97 Å². The van der Waals surface area contributed by atoms with Gasteiger partial charge in [0.2, 0.25) is 11.2 Å². The number of nitrogens with one attached hydrogen (secondary N) is 2. The maximum Gasteiger partial charge on any atom is 0.226 e.